The van der Waals surface area contributed by atoms with E-state index in [0.29, 0.717) is 76.5 Å². The Bertz CT molecular complexity index is 3590. The van der Waals surface area contributed by atoms with Gasteiger partial charge in [0, 0.05) is 128 Å². The fraction of sp³-hybridized carbons (Fsp3) is 0.390. The van der Waals surface area contributed by atoms with E-state index in [1.807, 2.05) is 30.3 Å². The van der Waals surface area contributed by atoms with E-state index < -0.39 is 48.8 Å². The van der Waals surface area contributed by atoms with Crippen LogP contribution in [0.2, 0.25) is 0 Å². The third kappa shape index (κ3) is 12.6. The Morgan fingerprint density at radius 3 is 1.80 bits per heavy atom. The van der Waals surface area contributed by atoms with Gasteiger partial charge in [0.15, 0.2) is 0 Å². The first-order chi connectivity index (χ1) is 40.6. The average Bonchev–Trinajstić information content (AvgIpc) is 1.42. The zero-order chi connectivity index (χ0) is 60.5. The number of nitrogens with one attached hydrogen (secondary N) is 1. The number of nitrogens with zero attached hydrogens (tertiary/aromatic N) is 5. The summed E-state index contributed by atoms with van der Waals surface area (Å²) in [5.41, 5.74) is 1.62. The molecule has 6 aliphatic rings. The standard InChI is InChI=1S/C59H61Cl2N6O15PS2/c1-63(56(75)80-30-35-12-5-10-17-47(35)85-84-31-42(53(71)72)62-48(68)18-4-3-11-21-65-49(69)19-20-50(65)70)22-23-64(2)57(76)81-45-24-43-51(40-15-8-6-13-38(40)45)36(26-60)28-66(43)54(73)58-32-59(33-58,34-58)55(74)67-29-37(27-61)52-41-16-9-7-14-39(41)46(25-44(52)67)82-83(77,78)79/h5-10,12-17,19-20,24-25,36-37,42H,3-4,11,18,21-23,26-34H2,1-2H3,(H,62,68)(H,71,72)(H2,77,78,79)/t36-,37-,42+,58?,59?/m1/s1. The van der Waals surface area contributed by atoms with Crippen LogP contribution in [0.5, 0.6) is 11.5 Å². The van der Waals surface area contributed by atoms with Gasteiger partial charge in [-0.2, -0.15) is 0 Å². The maximum absolute atomic E-state index is 14.9. The molecule has 3 heterocycles. The molecule has 3 aliphatic carbocycles. The number of unbranched alkanes of at least 4 members (excludes halogenated alkanes) is 2. The number of fused-ring (bicyclic) bond motifs is 6. The van der Waals surface area contributed by atoms with Crippen molar-refractivity contribution in [2.45, 2.75) is 74.3 Å². The van der Waals surface area contributed by atoms with Gasteiger partial charge in [-0.05, 0) is 60.1 Å². The number of likely N-dealkylation sites (N-methyl/N-ethyl adjacent to an activating group) is 2. The lowest BCUT2D eigenvalue weighted by Gasteiger charge is -2.69. The molecule has 26 heteroatoms. The minimum Gasteiger partial charge on any atom is -0.480 e. The Balaban J connectivity index is 0.722. The molecule has 3 fully saturated rings. The van der Waals surface area contributed by atoms with Crippen molar-refractivity contribution in [1.82, 2.24) is 20.0 Å². The number of carbonyl (C=O) groups is 8. The zero-order valence-electron chi connectivity index (χ0n) is 46.3. The quantitative estimate of drug-likeness (QED) is 0.0147. The Labute approximate surface area is 506 Å². The van der Waals surface area contributed by atoms with E-state index in [9.17, 15) is 57.8 Å². The van der Waals surface area contributed by atoms with Crippen LogP contribution in [-0.4, -0.2) is 148 Å². The normalized spacial score (nSPS) is 20.4. The molecule has 3 atom stereocenters. The van der Waals surface area contributed by atoms with E-state index in [0.717, 1.165) is 21.4 Å². The van der Waals surface area contributed by atoms with Crippen molar-refractivity contribution >= 4 is 133 Å². The number of anilines is 2. The Kier molecular flexibility index (Phi) is 18.2. The van der Waals surface area contributed by atoms with E-state index in [1.54, 1.807) is 58.3 Å². The molecular formula is C59H61Cl2N6O15PS2. The molecule has 3 aliphatic heterocycles. The number of ether oxygens (including phenoxy) is 2. The number of hydrogen-bond donors (Lipinski definition) is 4. The van der Waals surface area contributed by atoms with Gasteiger partial charge in [-0.25, -0.2) is 18.9 Å². The van der Waals surface area contributed by atoms with Crippen molar-refractivity contribution in [3.05, 3.63) is 114 Å². The summed E-state index contributed by atoms with van der Waals surface area (Å²) in [5, 5.41) is 14.9. The Hall–Kier alpha value is -6.85. The zero-order valence-corrected chi connectivity index (χ0v) is 50.3. The number of carbonyl (C=O) groups excluding carboxylic acids is 7. The summed E-state index contributed by atoms with van der Waals surface area (Å²) >= 11 is 13.1. The smallest absolute Gasteiger partial charge is 0.480 e. The van der Waals surface area contributed by atoms with Crippen molar-refractivity contribution in [1.29, 1.82) is 0 Å². The highest BCUT2D eigenvalue weighted by Gasteiger charge is 2.76. The third-order valence-corrected chi connectivity index (χ3v) is 20.0. The number of amides is 7. The summed E-state index contributed by atoms with van der Waals surface area (Å²) in [6.45, 7) is 0.769. The summed E-state index contributed by atoms with van der Waals surface area (Å²) in [6, 6.07) is 23.6. The number of phosphoric acid groups is 1. The highest BCUT2D eigenvalue weighted by atomic mass is 35.5. The van der Waals surface area contributed by atoms with Crippen molar-refractivity contribution < 1.29 is 71.8 Å². The summed E-state index contributed by atoms with van der Waals surface area (Å²) in [6.07, 6.45) is 3.53. The molecule has 448 valence electrons. The van der Waals surface area contributed by atoms with Crippen LogP contribution in [0.4, 0.5) is 21.0 Å². The van der Waals surface area contributed by atoms with E-state index in [1.165, 1.54) is 63.7 Å². The Morgan fingerprint density at radius 2 is 1.25 bits per heavy atom. The summed E-state index contributed by atoms with van der Waals surface area (Å²) in [4.78, 5) is 132. The number of phosphoric ester groups is 1. The van der Waals surface area contributed by atoms with Gasteiger partial charge in [0.25, 0.3) is 11.8 Å². The monoisotopic (exact) mass is 1260 g/mol. The van der Waals surface area contributed by atoms with Crippen LogP contribution >= 0.6 is 52.6 Å². The number of carboxylic acid groups (broad SMARTS) is 1. The maximum Gasteiger partial charge on any atom is 0.524 e. The molecule has 7 amide bonds. The SMILES string of the molecule is CN(CCN(C)C(=O)Oc1cc2c(c3ccccc13)[C@H](CCl)CN2C(=O)C12CC(C(=O)N3C[C@@H](CCl)c4c3cc(OP(=O)(O)O)c3ccccc43)(C1)C2)C(=O)OCc1ccccc1SSC[C@H](NC(=O)CCCCCN1C(=O)C=CC1=O)C(=O)O. The minimum absolute atomic E-state index is 0.0347. The molecule has 0 radical (unpaired) electrons. The maximum atomic E-state index is 14.9. The molecule has 3 saturated carbocycles. The molecule has 5 aromatic carbocycles. The molecule has 4 N–H and O–H groups in total. The van der Waals surface area contributed by atoms with Gasteiger partial charge in [-0.15, -0.1) is 23.2 Å². The summed E-state index contributed by atoms with van der Waals surface area (Å²) in [5.74, 6) is -2.66. The van der Waals surface area contributed by atoms with Gasteiger partial charge in [-0.1, -0.05) is 94.7 Å². The lowest BCUT2D eigenvalue weighted by Crippen LogP contribution is -2.73. The number of rotatable bonds is 24. The molecule has 0 unspecified atom stereocenters. The molecule has 5 aromatic rings. The first kappa shape index (κ1) is 61.2. The van der Waals surface area contributed by atoms with Crippen molar-refractivity contribution in [3.8, 4) is 11.5 Å². The summed E-state index contributed by atoms with van der Waals surface area (Å²) in [7, 11) is 0.564. The van der Waals surface area contributed by atoms with E-state index in [-0.39, 0.29) is 110 Å². The number of halogens is 2. The van der Waals surface area contributed by atoms with Crippen LogP contribution in [0, 0.1) is 10.8 Å². The molecule has 21 nitrogen and oxygen atoms in total. The van der Waals surface area contributed by atoms with Crippen LogP contribution in [0.15, 0.2) is 102 Å². The second-order valence-electron chi connectivity index (χ2n) is 22.1. The lowest BCUT2D eigenvalue weighted by molar-refractivity contribution is -0.205. The predicted octanol–water partition coefficient (Wildman–Crippen LogP) is 9.17. The number of alkyl halides is 2. The van der Waals surface area contributed by atoms with Crippen molar-refractivity contribution in [2.24, 2.45) is 10.8 Å². The number of carboxylic acids is 1. The molecule has 2 bridgehead atoms. The number of hydrogen-bond acceptors (Lipinski definition) is 14. The first-order valence-corrected chi connectivity index (χ1v) is 32.4. The molecular weight excluding hydrogens is 1200 g/mol. The first-order valence-electron chi connectivity index (χ1n) is 27.5. The fourth-order valence-corrected chi connectivity index (χ4v) is 15.5. The lowest BCUT2D eigenvalue weighted by atomic mass is 9.34. The van der Waals surface area contributed by atoms with Gasteiger partial charge in [-0.3, -0.25) is 38.7 Å². The van der Waals surface area contributed by atoms with Crippen LogP contribution in [0.3, 0.4) is 0 Å². The van der Waals surface area contributed by atoms with E-state index >= 15 is 0 Å². The fourth-order valence-electron chi connectivity index (χ4n) is 12.2. The van der Waals surface area contributed by atoms with Gasteiger partial charge >= 0.3 is 26.0 Å². The van der Waals surface area contributed by atoms with Gasteiger partial charge in [0.2, 0.25) is 17.7 Å². The minimum atomic E-state index is -4.97. The topological polar surface area (TPSA) is 270 Å². The van der Waals surface area contributed by atoms with Crippen molar-refractivity contribution in [3.63, 3.8) is 0 Å². The number of benzene rings is 5. The average molecular weight is 1260 g/mol. The molecule has 11 rings (SSSR count). The molecule has 0 saturated heterocycles. The van der Waals surface area contributed by atoms with Gasteiger partial charge in [0.1, 0.15) is 24.1 Å². The van der Waals surface area contributed by atoms with Gasteiger partial charge < -0.3 is 44.0 Å². The molecule has 0 spiro atoms. The number of imide groups is 1. The predicted molar refractivity (Wildman–Crippen MR) is 321 cm³/mol. The van der Waals surface area contributed by atoms with Crippen LogP contribution in [-0.2, 0) is 44.7 Å². The molecule has 0 aromatic heterocycles. The molecule has 85 heavy (non-hydrogen) atoms. The Morgan fingerprint density at radius 1 is 0.729 bits per heavy atom. The number of aliphatic carboxylic acids is 1. The van der Waals surface area contributed by atoms with E-state index in [2.05, 4.69) is 5.32 Å². The summed E-state index contributed by atoms with van der Waals surface area (Å²) < 4.78 is 28.9. The van der Waals surface area contributed by atoms with Gasteiger partial charge in [0.05, 0.1) is 22.2 Å². The highest BCUT2D eigenvalue weighted by Crippen LogP contribution is 2.75. The van der Waals surface area contributed by atoms with E-state index in [4.69, 9.17) is 37.2 Å². The van der Waals surface area contributed by atoms with Crippen LogP contribution < -0.4 is 24.4 Å². The third-order valence-electron chi connectivity index (χ3n) is 16.4. The van der Waals surface area contributed by atoms with Crippen LogP contribution in [0.1, 0.15) is 73.5 Å². The second kappa shape index (κ2) is 25.2. The van der Waals surface area contributed by atoms with Crippen LogP contribution in [0.25, 0.3) is 21.5 Å². The highest BCUT2D eigenvalue weighted by molar-refractivity contribution is 8.76. The second-order valence-corrected chi connectivity index (χ2v) is 26.2. The largest absolute Gasteiger partial charge is 0.524 e. The van der Waals surface area contributed by atoms with Crippen molar-refractivity contribution in [2.75, 3.05) is 74.1 Å².